The molecule has 0 bridgehead atoms. The van der Waals surface area contributed by atoms with Crippen molar-refractivity contribution in [3.63, 3.8) is 0 Å². The Labute approximate surface area is 169 Å². The number of sulfone groups is 1. The molecule has 1 aromatic rings. The summed E-state index contributed by atoms with van der Waals surface area (Å²) in [5.41, 5.74) is 0.567. The summed E-state index contributed by atoms with van der Waals surface area (Å²) in [5.74, 6) is -1.77. The molecule has 1 atom stereocenters. The first-order valence-electron chi connectivity index (χ1n) is 9.40. The van der Waals surface area contributed by atoms with Gasteiger partial charge in [-0.2, -0.15) is 5.26 Å². The normalized spacial score (nSPS) is 17.8. The van der Waals surface area contributed by atoms with Crippen molar-refractivity contribution >= 4 is 21.8 Å². The number of amides is 2. The SMILES string of the molecule is N#CN(C(=O)[C@H](CS(=O)(=O)Cc1ccccc1)OC(=O)N1CCOCC1)C1CC1. The topological polar surface area (TPSA) is 117 Å². The molecule has 9 nitrogen and oxygen atoms in total. The zero-order valence-corrected chi connectivity index (χ0v) is 16.7. The van der Waals surface area contributed by atoms with Crippen molar-refractivity contribution in [2.24, 2.45) is 0 Å². The molecule has 1 heterocycles. The number of ether oxygens (including phenoxy) is 2. The van der Waals surface area contributed by atoms with Crippen molar-refractivity contribution in [1.29, 1.82) is 5.26 Å². The van der Waals surface area contributed by atoms with Gasteiger partial charge < -0.3 is 14.4 Å². The fraction of sp³-hybridized carbons (Fsp3) is 0.526. The van der Waals surface area contributed by atoms with E-state index in [1.165, 1.54) is 4.90 Å². The van der Waals surface area contributed by atoms with Gasteiger partial charge in [-0.05, 0) is 18.4 Å². The molecule has 1 saturated carbocycles. The molecule has 0 aromatic heterocycles. The molecule has 29 heavy (non-hydrogen) atoms. The summed E-state index contributed by atoms with van der Waals surface area (Å²) in [5, 5.41) is 9.31. The Balaban J connectivity index is 1.75. The third-order valence-corrected chi connectivity index (χ3v) is 6.26. The van der Waals surface area contributed by atoms with E-state index in [4.69, 9.17) is 9.47 Å². The van der Waals surface area contributed by atoms with Gasteiger partial charge in [-0.1, -0.05) is 30.3 Å². The van der Waals surface area contributed by atoms with Crippen LogP contribution in [-0.4, -0.2) is 74.4 Å². The Kier molecular flexibility index (Phi) is 6.71. The first kappa shape index (κ1) is 21.1. The first-order valence-corrected chi connectivity index (χ1v) is 11.2. The van der Waals surface area contributed by atoms with Crippen molar-refractivity contribution in [3.05, 3.63) is 35.9 Å². The van der Waals surface area contributed by atoms with Crippen LogP contribution in [0.5, 0.6) is 0 Å². The highest BCUT2D eigenvalue weighted by molar-refractivity contribution is 7.90. The molecule has 0 radical (unpaired) electrons. The Morgan fingerprint density at radius 3 is 2.48 bits per heavy atom. The van der Waals surface area contributed by atoms with Crippen LogP contribution >= 0.6 is 0 Å². The summed E-state index contributed by atoms with van der Waals surface area (Å²) in [6, 6.07) is 8.29. The maximum absolute atomic E-state index is 12.8. The summed E-state index contributed by atoms with van der Waals surface area (Å²) >= 11 is 0. The predicted molar refractivity (Wildman–Crippen MR) is 102 cm³/mol. The van der Waals surface area contributed by atoms with Gasteiger partial charge in [0.2, 0.25) is 0 Å². The summed E-state index contributed by atoms with van der Waals surface area (Å²) < 4.78 is 35.9. The molecule has 2 amide bonds. The van der Waals surface area contributed by atoms with E-state index in [0.29, 0.717) is 44.7 Å². The summed E-state index contributed by atoms with van der Waals surface area (Å²) in [6.45, 7) is 1.26. The Morgan fingerprint density at radius 1 is 1.24 bits per heavy atom. The number of nitrogens with zero attached hydrogens (tertiary/aromatic N) is 3. The number of carbonyl (C=O) groups excluding carboxylic acids is 2. The quantitative estimate of drug-likeness (QED) is 0.474. The second kappa shape index (κ2) is 9.24. The molecule has 3 rings (SSSR count). The van der Waals surface area contributed by atoms with Crippen LogP contribution in [0, 0.1) is 11.5 Å². The number of hydrogen-bond acceptors (Lipinski definition) is 7. The minimum Gasteiger partial charge on any atom is -0.435 e. The van der Waals surface area contributed by atoms with Crippen LogP contribution in [0.3, 0.4) is 0 Å². The lowest BCUT2D eigenvalue weighted by Gasteiger charge is -2.28. The Morgan fingerprint density at radius 2 is 1.90 bits per heavy atom. The van der Waals surface area contributed by atoms with Crippen molar-refractivity contribution in [2.75, 3.05) is 32.1 Å². The number of benzene rings is 1. The van der Waals surface area contributed by atoms with Crippen LogP contribution in [-0.2, 0) is 29.9 Å². The predicted octanol–water partition coefficient (Wildman–Crippen LogP) is 0.911. The molecule has 1 saturated heterocycles. The van der Waals surface area contributed by atoms with Crippen LogP contribution < -0.4 is 0 Å². The van der Waals surface area contributed by atoms with Gasteiger partial charge in [-0.25, -0.2) is 18.1 Å². The minimum absolute atomic E-state index is 0.256. The summed E-state index contributed by atoms with van der Waals surface area (Å²) in [4.78, 5) is 27.6. The molecule has 1 aliphatic carbocycles. The highest BCUT2D eigenvalue weighted by Gasteiger charge is 2.40. The molecule has 10 heteroatoms. The van der Waals surface area contributed by atoms with Crippen LogP contribution in [0.4, 0.5) is 4.79 Å². The van der Waals surface area contributed by atoms with Crippen LogP contribution in [0.2, 0.25) is 0 Å². The number of rotatable bonds is 7. The van der Waals surface area contributed by atoms with E-state index in [2.05, 4.69) is 0 Å². The van der Waals surface area contributed by atoms with Crippen molar-refractivity contribution in [3.8, 4) is 6.19 Å². The van der Waals surface area contributed by atoms with E-state index in [9.17, 15) is 23.3 Å². The van der Waals surface area contributed by atoms with Gasteiger partial charge in [0, 0.05) is 19.1 Å². The van der Waals surface area contributed by atoms with Gasteiger partial charge in [0.25, 0.3) is 5.91 Å². The maximum atomic E-state index is 12.8. The zero-order valence-electron chi connectivity index (χ0n) is 15.9. The fourth-order valence-electron chi connectivity index (χ4n) is 3.01. The second-order valence-electron chi connectivity index (χ2n) is 7.05. The van der Waals surface area contributed by atoms with Crippen LogP contribution in [0.1, 0.15) is 18.4 Å². The van der Waals surface area contributed by atoms with E-state index in [-0.39, 0.29) is 11.8 Å². The average Bonchev–Trinajstić information content (AvgIpc) is 3.54. The van der Waals surface area contributed by atoms with Gasteiger partial charge in [-0.15, -0.1) is 0 Å². The van der Waals surface area contributed by atoms with E-state index in [1.807, 2.05) is 0 Å². The molecule has 1 aromatic carbocycles. The molecule has 2 aliphatic rings. The third-order valence-electron chi connectivity index (χ3n) is 4.68. The standard InChI is InChI=1S/C19H23N3O6S/c20-14-22(16-6-7-16)18(23)17(28-19(24)21-8-10-27-11-9-21)13-29(25,26)12-15-4-2-1-3-5-15/h1-5,16-17H,6-13H2/t17-/m0/s1. The molecule has 1 aliphatic heterocycles. The smallest absolute Gasteiger partial charge is 0.410 e. The molecule has 0 unspecified atom stereocenters. The van der Waals surface area contributed by atoms with Gasteiger partial charge >= 0.3 is 6.09 Å². The van der Waals surface area contributed by atoms with Gasteiger partial charge in [0.1, 0.15) is 0 Å². The highest BCUT2D eigenvalue weighted by atomic mass is 32.2. The number of nitriles is 1. The van der Waals surface area contributed by atoms with E-state index in [0.717, 1.165) is 4.90 Å². The van der Waals surface area contributed by atoms with Crippen molar-refractivity contribution in [2.45, 2.75) is 30.7 Å². The van der Waals surface area contributed by atoms with Crippen molar-refractivity contribution in [1.82, 2.24) is 9.80 Å². The van der Waals surface area contributed by atoms with Crippen LogP contribution in [0.15, 0.2) is 30.3 Å². The molecule has 0 N–H and O–H groups in total. The molecule has 156 valence electrons. The second-order valence-corrected chi connectivity index (χ2v) is 9.16. The highest BCUT2D eigenvalue weighted by Crippen LogP contribution is 2.27. The summed E-state index contributed by atoms with van der Waals surface area (Å²) in [6.07, 6.45) is 0.778. The van der Waals surface area contributed by atoms with E-state index < -0.39 is 33.7 Å². The number of hydrogen-bond donors (Lipinski definition) is 0. The summed E-state index contributed by atoms with van der Waals surface area (Å²) in [7, 11) is -3.78. The molecular weight excluding hydrogens is 398 g/mol. The largest absolute Gasteiger partial charge is 0.435 e. The Hall–Kier alpha value is -2.64. The minimum atomic E-state index is -3.78. The van der Waals surface area contributed by atoms with Crippen LogP contribution in [0.25, 0.3) is 0 Å². The third kappa shape index (κ3) is 5.92. The Bertz CT molecular complexity index is 873. The lowest BCUT2D eigenvalue weighted by Crippen LogP contribution is -2.48. The lowest BCUT2D eigenvalue weighted by atomic mass is 10.2. The number of carbonyl (C=O) groups is 2. The molecular formula is C19H23N3O6S. The first-order chi connectivity index (χ1) is 13.9. The monoisotopic (exact) mass is 421 g/mol. The fourth-order valence-corrected chi connectivity index (χ4v) is 4.50. The molecule has 2 fully saturated rings. The van der Waals surface area contributed by atoms with Gasteiger partial charge in [0.15, 0.2) is 22.1 Å². The average molecular weight is 421 g/mol. The zero-order chi connectivity index (χ0) is 20.9. The number of morpholine rings is 1. The van der Waals surface area contributed by atoms with E-state index in [1.54, 1.807) is 36.5 Å². The van der Waals surface area contributed by atoms with E-state index >= 15 is 0 Å². The molecule has 0 spiro atoms. The van der Waals surface area contributed by atoms with Crippen molar-refractivity contribution < 1.29 is 27.5 Å². The lowest BCUT2D eigenvalue weighted by molar-refractivity contribution is -0.137. The van der Waals surface area contributed by atoms with Gasteiger partial charge in [0.05, 0.1) is 24.7 Å². The maximum Gasteiger partial charge on any atom is 0.410 e. The van der Waals surface area contributed by atoms with Gasteiger partial charge in [-0.3, -0.25) is 4.79 Å².